The lowest BCUT2D eigenvalue weighted by molar-refractivity contribution is -0.163. The molecule has 4 amide bonds. The molecule has 2 N–H and O–H groups in total. The molecule has 0 radical (unpaired) electrons. The van der Waals surface area contributed by atoms with Gasteiger partial charge in [-0.15, -0.1) is 0 Å². The number of hydrogen-bond acceptors (Lipinski definition) is 10. The Hall–Kier alpha value is -6.20. The number of carbonyl (C=O) groups is 4. The third kappa shape index (κ3) is 7.60. The second kappa shape index (κ2) is 16.2. The Morgan fingerprint density at radius 1 is 0.841 bits per heavy atom. The normalized spacial score (nSPS) is 23.5. The number of imide groups is 1. The molecule has 3 saturated heterocycles. The van der Waals surface area contributed by atoms with Gasteiger partial charge >= 0.3 is 0 Å². The predicted octanol–water partition coefficient (Wildman–Crippen LogP) is 4.82. The minimum Gasteiger partial charge on any atom is -0.488 e. The number of nitriles is 1. The average molecular weight is 853 g/mol. The van der Waals surface area contributed by atoms with E-state index in [1.807, 2.05) is 36.4 Å². The van der Waals surface area contributed by atoms with Gasteiger partial charge in [0.1, 0.15) is 24.0 Å². The summed E-state index contributed by atoms with van der Waals surface area (Å²) < 4.78 is 8.16. The van der Waals surface area contributed by atoms with Crippen molar-refractivity contribution in [3.63, 3.8) is 0 Å². The maximum absolute atomic E-state index is 13.7. The van der Waals surface area contributed by atoms with Crippen LogP contribution in [0.2, 0.25) is 0 Å². The number of aryl methyl sites for hydroxylation is 1. The van der Waals surface area contributed by atoms with E-state index >= 15 is 0 Å². The van der Waals surface area contributed by atoms with Crippen LogP contribution < -0.4 is 30.7 Å². The smallest absolute Gasteiger partial charge is 0.255 e. The standard InChI is InChI=1S/C49H56N8O6/c1-48(2)46(49(3,4)47(48)63-39-15-8-32(27-50)42-37(39)13-17-41(59)53(42)5)52-43(60)31-6-9-34(10-7-31)56-24-22-54(23-25-56)28-30-18-20-55(21-19-30)35-11-12-36-33(26-35)29-57(45(36)62)38-14-16-40(58)51-44(38)61/h6-13,15,17,26,30,38,46-47H,14,16,18-25,28-29H2,1-5H3,(H,52,60)(H,51,58,61). The first-order chi connectivity index (χ1) is 30.1. The summed E-state index contributed by atoms with van der Waals surface area (Å²) in [7, 11) is 1.66. The molecule has 5 aliphatic rings. The number of nitrogens with zero attached hydrogens (tertiary/aromatic N) is 6. The Bertz CT molecular complexity index is 2580. The van der Waals surface area contributed by atoms with E-state index in [-0.39, 0.29) is 47.8 Å². The summed E-state index contributed by atoms with van der Waals surface area (Å²) >= 11 is 0. The molecule has 328 valence electrons. The molecule has 1 unspecified atom stereocenters. The topological polar surface area (TPSA) is 160 Å². The van der Waals surface area contributed by atoms with Crippen molar-refractivity contribution in [2.45, 2.75) is 78.1 Å². The van der Waals surface area contributed by atoms with Gasteiger partial charge in [-0.1, -0.05) is 27.7 Å². The Labute approximate surface area is 367 Å². The number of pyridine rings is 1. The first kappa shape index (κ1) is 42.1. The number of piperidine rings is 2. The second-order valence-electron chi connectivity index (χ2n) is 19.3. The van der Waals surface area contributed by atoms with Crippen molar-refractivity contribution in [3.05, 3.63) is 99.3 Å². The highest BCUT2D eigenvalue weighted by Crippen LogP contribution is 2.56. The summed E-state index contributed by atoms with van der Waals surface area (Å²) in [6.07, 6.45) is 2.56. The molecular weight excluding hydrogens is 797 g/mol. The van der Waals surface area contributed by atoms with Crippen molar-refractivity contribution in [1.82, 2.24) is 25.0 Å². The van der Waals surface area contributed by atoms with Gasteiger partial charge in [0.2, 0.25) is 11.8 Å². The Balaban J connectivity index is 0.740. The van der Waals surface area contributed by atoms with Crippen LogP contribution in [0, 0.1) is 28.1 Å². The fourth-order valence-electron chi connectivity index (χ4n) is 11.3. The number of anilines is 2. The van der Waals surface area contributed by atoms with Crippen LogP contribution in [0.5, 0.6) is 5.75 Å². The number of benzene rings is 3. The highest BCUT2D eigenvalue weighted by molar-refractivity contribution is 6.05. The van der Waals surface area contributed by atoms with Crippen molar-refractivity contribution < 1.29 is 23.9 Å². The molecule has 9 rings (SSSR count). The zero-order chi connectivity index (χ0) is 44.4. The van der Waals surface area contributed by atoms with Crippen LogP contribution in [-0.4, -0.2) is 102 Å². The summed E-state index contributed by atoms with van der Waals surface area (Å²) in [5, 5.41) is 16.1. The van der Waals surface area contributed by atoms with E-state index in [4.69, 9.17) is 4.74 Å². The van der Waals surface area contributed by atoms with Gasteiger partial charge in [0.05, 0.1) is 11.1 Å². The van der Waals surface area contributed by atoms with Crippen LogP contribution in [0.25, 0.3) is 10.9 Å². The van der Waals surface area contributed by atoms with Gasteiger partial charge in [-0.05, 0) is 91.4 Å². The number of ether oxygens (including phenoxy) is 1. The summed E-state index contributed by atoms with van der Waals surface area (Å²) in [4.78, 5) is 72.4. The zero-order valence-electron chi connectivity index (χ0n) is 36.8. The second-order valence-corrected chi connectivity index (χ2v) is 19.3. The van der Waals surface area contributed by atoms with E-state index in [0.717, 1.165) is 75.6 Å². The monoisotopic (exact) mass is 852 g/mol. The van der Waals surface area contributed by atoms with Crippen LogP contribution in [0.3, 0.4) is 0 Å². The van der Waals surface area contributed by atoms with Gasteiger partial charge in [-0.2, -0.15) is 5.26 Å². The number of aromatic nitrogens is 1. The van der Waals surface area contributed by atoms with Gasteiger partial charge in [-0.3, -0.25) is 34.2 Å². The molecule has 4 aromatic rings. The SMILES string of the molecule is Cn1c(=O)ccc2c(OC3C(C)(C)C(NC(=O)c4ccc(N5CCN(CC6CCN(c7ccc8c(c7)CN(C7CCC(=O)NC7=O)C8=O)CC6)CC5)cc4)C3(C)C)ccc(C#N)c21. The number of amides is 4. The van der Waals surface area contributed by atoms with E-state index < -0.39 is 16.9 Å². The number of fused-ring (bicyclic) bond motifs is 2. The molecule has 3 aromatic carbocycles. The van der Waals surface area contributed by atoms with Gasteiger partial charge in [0.25, 0.3) is 17.4 Å². The number of hydrogen-bond donors (Lipinski definition) is 2. The summed E-state index contributed by atoms with van der Waals surface area (Å²) in [6, 6.07) is 22.1. The van der Waals surface area contributed by atoms with Crippen molar-refractivity contribution >= 4 is 45.9 Å². The minimum atomic E-state index is -0.606. The van der Waals surface area contributed by atoms with Crippen LogP contribution in [0.15, 0.2) is 71.5 Å². The number of rotatable bonds is 9. The van der Waals surface area contributed by atoms with E-state index in [0.29, 0.717) is 52.2 Å². The summed E-state index contributed by atoms with van der Waals surface area (Å²) in [5.41, 5.74) is 4.36. The van der Waals surface area contributed by atoms with Crippen molar-refractivity contribution in [2.75, 3.05) is 55.6 Å². The van der Waals surface area contributed by atoms with Crippen LogP contribution in [0.1, 0.15) is 85.2 Å². The molecule has 63 heavy (non-hydrogen) atoms. The van der Waals surface area contributed by atoms with Gasteiger partial charge in [0.15, 0.2) is 0 Å². The van der Waals surface area contributed by atoms with Crippen LogP contribution >= 0.6 is 0 Å². The molecule has 5 heterocycles. The molecule has 1 aliphatic carbocycles. The maximum Gasteiger partial charge on any atom is 0.255 e. The highest BCUT2D eigenvalue weighted by atomic mass is 16.5. The number of piperazine rings is 1. The van der Waals surface area contributed by atoms with Crippen LogP contribution in [-0.2, 0) is 23.2 Å². The molecule has 0 spiro atoms. The van der Waals surface area contributed by atoms with Gasteiger partial charge in [-0.25, -0.2) is 0 Å². The molecule has 14 heteroatoms. The third-order valence-corrected chi connectivity index (χ3v) is 14.6. The molecular formula is C49H56N8O6. The summed E-state index contributed by atoms with van der Waals surface area (Å²) in [5.74, 6) is 0.286. The number of nitrogens with one attached hydrogen (secondary N) is 2. The third-order valence-electron chi connectivity index (χ3n) is 14.6. The van der Waals surface area contributed by atoms with Crippen LogP contribution in [0.4, 0.5) is 11.4 Å². The fraction of sp³-hybridized carbons (Fsp3) is 0.469. The van der Waals surface area contributed by atoms with Crippen molar-refractivity contribution in [2.24, 2.45) is 23.8 Å². The Morgan fingerprint density at radius 2 is 1.52 bits per heavy atom. The molecule has 14 nitrogen and oxygen atoms in total. The lowest BCUT2D eigenvalue weighted by atomic mass is 9.49. The maximum atomic E-state index is 13.7. The first-order valence-electron chi connectivity index (χ1n) is 22.2. The van der Waals surface area contributed by atoms with E-state index in [1.54, 1.807) is 30.1 Å². The molecule has 1 saturated carbocycles. The van der Waals surface area contributed by atoms with Crippen molar-refractivity contribution in [3.8, 4) is 11.8 Å². The number of carbonyl (C=O) groups excluding carboxylic acids is 4. The van der Waals surface area contributed by atoms with Gasteiger partial charge in [0, 0.05) is 117 Å². The lowest BCUT2D eigenvalue weighted by Crippen LogP contribution is -2.74. The van der Waals surface area contributed by atoms with Crippen molar-refractivity contribution in [1.29, 1.82) is 5.26 Å². The average Bonchev–Trinajstić information content (AvgIpc) is 3.60. The first-order valence-corrected chi connectivity index (χ1v) is 22.2. The minimum absolute atomic E-state index is 0.122. The largest absolute Gasteiger partial charge is 0.488 e. The molecule has 1 aromatic heterocycles. The molecule has 4 fully saturated rings. The lowest BCUT2D eigenvalue weighted by Gasteiger charge is -2.63. The van der Waals surface area contributed by atoms with E-state index in [2.05, 4.69) is 65.2 Å². The van der Waals surface area contributed by atoms with E-state index in [1.165, 1.54) is 10.6 Å². The molecule has 4 aliphatic heterocycles. The molecule has 1 atom stereocenters. The van der Waals surface area contributed by atoms with E-state index in [9.17, 15) is 29.2 Å². The fourth-order valence-corrected chi connectivity index (χ4v) is 11.3. The van der Waals surface area contributed by atoms with Gasteiger partial charge < -0.3 is 29.3 Å². The highest BCUT2D eigenvalue weighted by Gasteiger charge is 2.64. The quantitative estimate of drug-likeness (QED) is 0.224. The Kier molecular flexibility index (Phi) is 10.8. The zero-order valence-corrected chi connectivity index (χ0v) is 36.8. The Morgan fingerprint density at radius 3 is 2.21 bits per heavy atom. The molecule has 0 bridgehead atoms. The predicted molar refractivity (Wildman–Crippen MR) is 240 cm³/mol. The summed E-state index contributed by atoms with van der Waals surface area (Å²) in [6.45, 7) is 15.6.